The molecule has 4 aliphatic carbocycles. The molecule has 3 fully saturated rings. The second-order valence-electron chi connectivity index (χ2n) is 7.90. The number of rotatable bonds is 0. The number of hydrogen-bond acceptors (Lipinski definition) is 0. The van der Waals surface area contributed by atoms with E-state index < -0.39 is 0 Å². The maximum absolute atomic E-state index is 2.57. The zero-order valence-electron chi connectivity index (χ0n) is 11.9. The molecule has 0 radical (unpaired) electrons. The van der Waals surface area contributed by atoms with Gasteiger partial charge in [-0.3, -0.25) is 0 Å². The molecule has 6 unspecified atom stereocenters. The van der Waals surface area contributed by atoms with Crippen molar-refractivity contribution in [1.82, 2.24) is 0 Å². The van der Waals surface area contributed by atoms with Crippen LogP contribution in [0.1, 0.15) is 64.7 Å². The van der Waals surface area contributed by atoms with Gasteiger partial charge in [0.05, 0.1) is 0 Å². The van der Waals surface area contributed by atoms with Gasteiger partial charge in [-0.05, 0) is 73.5 Å². The summed E-state index contributed by atoms with van der Waals surface area (Å²) >= 11 is 0. The highest BCUT2D eigenvalue weighted by Crippen LogP contribution is 2.60. The van der Waals surface area contributed by atoms with Crippen molar-refractivity contribution in [2.24, 2.45) is 35.0 Å². The Hall–Kier alpha value is -0.260. The molecule has 100 valence electrons. The van der Waals surface area contributed by atoms with Crippen molar-refractivity contribution in [3.8, 4) is 0 Å². The first kappa shape index (κ1) is 11.6. The molecule has 0 aromatic carbocycles. The molecule has 0 spiro atoms. The number of fused-ring (bicyclic) bond motifs is 5. The molecule has 3 saturated carbocycles. The van der Waals surface area contributed by atoms with Crippen LogP contribution in [0.3, 0.4) is 0 Å². The molecule has 0 aromatic rings. The van der Waals surface area contributed by atoms with Gasteiger partial charge in [0, 0.05) is 0 Å². The monoisotopic (exact) mass is 244 g/mol. The normalized spacial score (nSPS) is 54.6. The Morgan fingerprint density at radius 1 is 0.889 bits per heavy atom. The molecular formula is C18H28. The van der Waals surface area contributed by atoms with Gasteiger partial charge in [0.15, 0.2) is 0 Å². The van der Waals surface area contributed by atoms with E-state index in [-0.39, 0.29) is 0 Å². The lowest BCUT2D eigenvalue weighted by molar-refractivity contribution is -0.0399. The van der Waals surface area contributed by atoms with Crippen LogP contribution in [0.5, 0.6) is 0 Å². The first-order chi connectivity index (χ1) is 8.78. The van der Waals surface area contributed by atoms with Crippen molar-refractivity contribution < 1.29 is 0 Å². The zero-order chi connectivity index (χ0) is 12.2. The molecule has 18 heavy (non-hydrogen) atoms. The SMILES string of the molecule is CC12C=CCC1C1CCC3CCCCC3C1CC2. The van der Waals surface area contributed by atoms with E-state index in [0.717, 1.165) is 29.6 Å². The lowest BCUT2D eigenvalue weighted by Gasteiger charge is -2.54. The maximum atomic E-state index is 2.57. The van der Waals surface area contributed by atoms with Crippen molar-refractivity contribution in [1.29, 1.82) is 0 Å². The van der Waals surface area contributed by atoms with E-state index in [1.807, 2.05) is 0 Å². The molecule has 0 heteroatoms. The molecule has 0 heterocycles. The predicted octanol–water partition coefficient (Wildman–Crippen LogP) is 5.20. The van der Waals surface area contributed by atoms with Gasteiger partial charge in [-0.2, -0.15) is 0 Å². The minimum absolute atomic E-state index is 0.586. The summed E-state index contributed by atoms with van der Waals surface area (Å²) in [6.45, 7) is 2.55. The molecule has 0 aliphatic heterocycles. The summed E-state index contributed by atoms with van der Waals surface area (Å²) in [6, 6.07) is 0. The summed E-state index contributed by atoms with van der Waals surface area (Å²) in [5.41, 5.74) is 0.586. The quantitative estimate of drug-likeness (QED) is 0.514. The Balaban J connectivity index is 1.59. The Morgan fingerprint density at radius 3 is 2.72 bits per heavy atom. The third-order valence-electron chi connectivity index (χ3n) is 7.21. The van der Waals surface area contributed by atoms with E-state index in [9.17, 15) is 0 Å². The van der Waals surface area contributed by atoms with Crippen LogP contribution in [0.4, 0.5) is 0 Å². The highest BCUT2D eigenvalue weighted by atomic mass is 14.6. The van der Waals surface area contributed by atoms with Gasteiger partial charge in [-0.1, -0.05) is 38.3 Å². The zero-order valence-corrected chi connectivity index (χ0v) is 11.9. The van der Waals surface area contributed by atoms with Crippen LogP contribution in [-0.4, -0.2) is 0 Å². The minimum atomic E-state index is 0.586. The molecular weight excluding hydrogens is 216 g/mol. The molecule has 0 N–H and O–H groups in total. The lowest BCUT2D eigenvalue weighted by atomic mass is 9.51. The topological polar surface area (TPSA) is 0 Å². The summed E-state index contributed by atoms with van der Waals surface area (Å²) in [6.07, 6.45) is 18.8. The average Bonchev–Trinajstić information content (AvgIpc) is 2.80. The largest absolute Gasteiger partial charge is 0.0877 e. The minimum Gasteiger partial charge on any atom is -0.0877 e. The van der Waals surface area contributed by atoms with E-state index in [2.05, 4.69) is 19.1 Å². The van der Waals surface area contributed by atoms with Crippen LogP contribution in [-0.2, 0) is 0 Å². The summed E-state index contributed by atoms with van der Waals surface area (Å²) in [7, 11) is 0. The van der Waals surface area contributed by atoms with Gasteiger partial charge in [-0.25, -0.2) is 0 Å². The van der Waals surface area contributed by atoms with Crippen LogP contribution in [0, 0.1) is 35.0 Å². The number of hydrogen-bond donors (Lipinski definition) is 0. The van der Waals surface area contributed by atoms with Gasteiger partial charge < -0.3 is 0 Å². The first-order valence-electron chi connectivity index (χ1n) is 8.46. The van der Waals surface area contributed by atoms with E-state index >= 15 is 0 Å². The highest BCUT2D eigenvalue weighted by Gasteiger charge is 2.51. The lowest BCUT2D eigenvalue weighted by Crippen LogP contribution is -2.46. The van der Waals surface area contributed by atoms with Crippen molar-refractivity contribution >= 4 is 0 Å². The highest BCUT2D eigenvalue weighted by molar-refractivity contribution is 5.14. The molecule has 4 aliphatic rings. The van der Waals surface area contributed by atoms with E-state index in [4.69, 9.17) is 0 Å². The predicted molar refractivity (Wildman–Crippen MR) is 76.3 cm³/mol. The van der Waals surface area contributed by atoms with Crippen molar-refractivity contribution in [3.63, 3.8) is 0 Å². The fraction of sp³-hybridized carbons (Fsp3) is 0.889. The molecule has 0 saturated heterocycles. The fourth-order valence-corrected chi connectivity index (χ4v) is 6.31. The molecule has 6 atom stereocenters. The van der Waals surface area contributed by atoms with Crippen molar-refractivity contribution in [2.45, 2.75) is 64.7 Å². The summed E-state index contributed by atoms with van der Waals surface area (Å²) in [4.78, 5) is 0. The van der Waals surface area contributed by atoms with Gasteiger partial charge in [0.2, 0.25) is 0 Å². The third kappa shape index (κ3) is 1.57. The fourth-order valence-electron chi connectivity index (χ4n) is 6.31. The van der Waals surface area contributed by atoms with Crippen LogP contribution >= 0.6 is 0 Å². The van der Waals surface area contributed by atoms with Crippen LogP contribution < -0.4 is 0 Å². The van der Waals surface area contributed by atoms with E-state index in [0.29, 0.717) is 5.41 Å². The van der Waals surface area contributed by atoms with E-state index in [1.54, 1.807) is 32.1 Å². The average molecular weight is 244 g/mol. The Morgan fingerprint density at radius 2 is 1.78 bits per heavy atom. The van der Waals surface area contributed by atoms with Crippen LogP contribution in [0.2, 0.25) is 0 Å². The third-order valence-corrected chi connectivity index (χ3v) is 7.21. The van der Waals surface area contributed by atoms with Crippen LogP contribution in [0.15, 0.2) is 12.2 Å². The van der Waals surface area contributed by atoms with Gasteiger partial charge >= 0.3 is 0 Å². The van der Waals surface area contributed by atoms with Gasteiger partial charge in [0.1, 0.15) is 0 Å². The summed E-state index contributed by atoms with van der Waals surface area (Å²) in [5, 5.41) is 0. The molecule has 4 rings (SSSR count). The second-order valence-corrected chi connectivity index (χ2v) is 7.90. The van der Waals surface area contributed by atoms with Crippen molar-refractivity contribution in [2.75, 3.05) is 0 Å². The summed E-state index contributed by atoms with van der Waals surface area (Å²) in [5.74, 6) is 5.46. The molecule has 0 aromatic heterocycles. The maximum Gasteiger partial charge on any atom is -0.0112 e. The van der Waals surface area contributed by atoms with E-state index in [1.165, 1.54) is 25.7 Å². The Labute approximate surface area is 112 Å². The molecule has 0 bridgehead atoms. The van der Waals surface area contributed by atoms with Gasteiger partial charge in [0.25, 0.3) is 0 Å². The van der Waals surface area contributed by atoms with Gasteiger partial charge in [-0.15, -0.1) is 0 Å². The molecule has 0 nitrogen and oxygen atoms in total. The van der Waals surface area contributed by atoms with Crippen LogP contribution in [0.25, 0.3) is 0 Å². The second kappa shape index (κ2) is 4.12. The van der Waals surface area contributed by atoms with Crippen molar-refractivity contribution in [3.05, 3.63) is 12.2 Å². The molecule has 0 amide bonds. The number of allylic oxidation sites excluding steroid dienone is 2. The Bertz CT molecular complexity index is 355. The summed E-state index contributed by atoms with van der Waals surface area (Å²) < 4.78 is 0. The Kier molecular flexibility index (Phi) is 2.64. The smallest absolute Gasteiger partial charge is 0.0112 e. The standard InChI is InChI=1S/C18H28/c1-18-11-4-7-17(18)16-9-8-13-5-2-3-6-14(13)15(16)10-12-18/h4,11,13-17H,2-3,5-10,12H2,1H3. The first-order valence-corrected chi connectivity index (χ1v) is 8.46.